The molecule has 0 bridgehead atoms. The smallest absolute Gasteiger partial charge is 0.204 e. The van der Waals surface area contributed by atoms with Crippen LogP contribution in [-0.4, -0.2) is 63.1 Å². The molecule has 1 fully saturated rings. The molecule has 2 heterocycles. The monoisotopic (exact) mass is 441 g/mol. The van der Waals surface area contributed by atoms with Crippen LogP contribution in [0.15, 0.2) is 34.3 Å². The van der Waals surface area contributed by atoms with Crippen molar-refractivity contribution >= 4 is 15.7 Å². The highest BCUT2D eigenvalue weighted by Gasteiger charge is 2.34. The third-order valence-electron chi connectivity index (χ3n) is 5.94. The number of oxime groups is 1. The van der Waals surface area contributed by atoms with Gasteiger partial charge in [0.2, 0.25) is 6.73 Å². The lowest BCUT2D eigenvalue weighted by molar-refractivity contribution is -0.0513. The molecule has 7 nitrogen and oxygen atoms in total. The van der Waals surface area contributed by atoms with E-state index in [4.69, 9.17) is 9.57 Å². The maximum atomic E-state index is 14.9. The minimum atomic E-state index is -3.42. The van der Waals surface area contributed by atoms with E-state index >= 15 is 0 Å². The summed E-state index contributed by atoms with van der Waals surface area (Å²) in [5.74, 6) is 1.49. The van der Waals surface area contributed by atoms with Crippen LogP contribution in [0.25, 0.3) is 0 Å². The van der Waals surface area contributed by atoms with E-state index in [2.05, 4.69) is 29.0 Å². The standard InChI is InChI=1S/C21H32FN3O4S/c1-15(2)21-23-29-14-25(21)24-11-9-17(10-12-24)16(3)18(22)13-28-19-7-5-6-8-20(19)30(4,26)27/h5-8,15-18H,9-14H2,1-4H3. The Balaban J connectivity index is 1.52. The maximum absolute atomic E-state index is 14.9. The first-order chi connectivity index (χ1) is 14.2. The molecule has 0 saturated carbocycles. The van der Waals surface area contributed by atoms with E-state index in [1.165, 1.54) is 6.07 Å². The molecule has 9 heteroatoms. The number of ether oxygens (including phenoxy) is 1. The molecule has 3 rings (SSSR count). The summed E-state index contributed by atoms with van der Waals surface area (Å²) in [6.45, 7) is 8.03. The van der Waals surface area contributed by atoms with Gasteiger partial charge in [-0.15, -0.1) is 0 Å². The number of alkyl halides is 1. The number of para-hydroxylation sites is 1. The highest BCUT2D eigenvalue weighted by molar-refractivity contribution is 7.90. The van der Waals surface area contributed by atoms with E-state index in [0.717, 1.165) is 38.0 Å². The Morgan fingerprint density at radius 1 is 1.23 bits per heavy atom. The zero-order chi connectivity index (χ0) is 21.9. The minimum Gasteiger partial charge on any atom is -0.489 e. The summed E-state index contributed by atoms with van der Waals surface area (Å²) >= 11 is 0. The Kier molecular flexibility index (Phi) is 7.23. The highest BCUT2D eigenvalue weighted by atomic mass is 32.2. The van der Waals surface area contributed by atoms with Gasteiger partial charge in [-0.3, -0.25) is 5.01 Å². The molecule has 2 aliphatic heterocycles. The average molecular weight is 442 g/mol. The van der Waals surface area contributed by atoms with Crippen LogP contribution in [-0.2, 0) is 14.7 Å². The van der Waals surface area contributed by atoms with Crippen molar-refractivity contribution in [3.8, 4) is 5.75 Å². The Morgan fingerprint density at radius 2 is 1.90 bits per heavy atom. The normalized spacial score (nSPS) is 20.7. The summed E-state index contributed by atoms with van der Waals surface area (Å²) < 4.78 is 44.3. The van der Waals surface area contributed by atoms with E-state index in [9.17, 15) is 12.8 Å². The first-order valence-electron chi connectivity index (χ1n) is 10.5. The molecule has 0 radical (unpaired) electrons. The van der Waals surface area contributed by atoms with E-state index < -0.39 is 16.0 Å². The third kappa shape index (κ3) is 5.24. The predicted molar refractivity (Wildman–Crippen MR) is 113 cm³/mol. The van der Waals surface area contributed by atoms with Crippen LogP contribution in [0.2, 0.25) is 0 Å². The van der Waals surface area contributed by atoms with Gasteiger partial charge in [0.25, 0.3) is 0 Å². The van der Waals surface area contributed by atoms with Gasteiger partial charge in [0, 0.05) is 25.3 Å². The van der Waals surface area contributed by atoms with Crippen molar-refractivity contribution in [1.82, 2.24) is 10.0 Å². The van der Waals surface area contributed by atoms with Crippen LogP contribution in [0.1, 0.15) is 33.6 Å². The van der Waals surface area contributed by atoms with Crippen molar-refractivity contribution in [1.29, 1.82) is 0 Å². The minimum absolute atomic E-state index is 0.0913. The number of benzene rings is 1. The van der Waals surface area contributed by atoms with Gasteiger partial charge >= 0.3 is 0 Å². The molecule has 0 aromatic heterocycles. The Labute approximate surface area is 178 Å². The first kappa shape index (κ1) is 22.8. The van der Waals surface area contributed by atoms with Crippen LogP contribution in [0, 0.1) is 17.8 Å². The second kappa shape index (κ2) is 9.51. The van der Waals surface area contributed by atoms with Gasteiger partial charge in [-0.05, 0) is 36.8 Å². The zero-order valence-electron chi connectivity index (χ0n) is 18.1. The molecule has 0 amide bonds. The molecule has 2 aliphatic rings. The van der Waals surface area contributed by atoms with E-state index in [1.54, 1.807) is 18.2 Å². The van der Waals surface area contributed by atoms with Crippen LogP contribution in [0.5, 0.6) is 5.75 Å². The zero-order valence-corrected chi connectivity index (χ0v) is 18.9. The lowest BCUT2D eigenvalue weighted by atomic mass is 9.83. The predicted octanol–water partition coefficient (Wildman–Crippen LogP) is 3.33. The van der Waals surface area contributed by atoms with Crippen molar-refractivity contribution < 1.29 is 22.4 Å². The number of hydrazine groups is 1. The quantitative estimate of drug-likeness (QED) is 0.616. The van der Waals surface area contributed by atoms with Gasteiger partial charge in [-0.25, -0.2) is 17.8 Å². The van der Waals surface area contributed by atoms with Crippen molar-refractivity contribution in [2.45, 2.75) is 44.7 Å². The lowest BCUT2D eigenvalue weighted by Gasteiger charge is -2.40. The Bertz CT molecular complexity index is 854. The second-order valence-corrected chi connectivity index (χ2v) is 10.4. The fraction of sp³-hybridized carbons (Fsp3) is 0.667. The van der Waals surface area contributed by atoms with Gasteiger partial charge in [-0.2, -0.15) is 0 Å². The molecule has 30 heavy (non-hydrogen) atoms. The molecule has 1 aromatic carbocycles. The molecule has 0 aliphatic carbocycles. The summed E-state index contributed by atoms with van der Waals surface area (Å²) in [4.78, 5) is 5.35. The molecule has 168 valence electrons. The van der Waals surface area contributed by atoms with Gasteiger partial charge in [0.15, 0.2) is 15.7 Å². The largest absolute Gasteiger partial charge is 0.489 e. The van der Waals surface area contributed by atoms with E-state index in [1.807, 2.05) is 6.92 Å². The summed E-state index contributed by atoms with van der Waals surface area (Å²) in [6.07, 6.45) is 1.71. The summed E-state index contributed by atoms with van der Waals surface area (Å²) in [7, 11) is -3.42. The SMILES string of the molecule is CC(C)C1=NOCN1N1CCC(C(C)C(F)COc2ccccc2S(C)(=O)=O)CC1. The fourth-order valence-corrected chi connectivity index (χ4v) is 4.86. The van der Waals surface area contributed by atoms with Crippen molar-refractivity contribution in [3.63, 3.8) is 0 Å². The number of hydrogen-bond donors (Lipinski definition) is 0. The van der Waals surface area contributed by atoms with Crippen molar-refractivity contribution in [2.24, 2.45) is 22.9 Å². The second-order valence-electron chi connectivity index (χ2n) is 8.46. The number of nitrogens with zero attached hydrogens (tertiary/aromatic N) is 3. The molecule has 2 atom stereocenters. The molecule has 0 N–H and O–H groups in total. The maximum Gasteiger partial charge on any atom is 0.204 e. The topological polar surface area (TPSA) is 71.4 Å². The highest BCUT2D eigenvalue weighted by Crippen LogP contribution is 2.31. The van der Waals surface area contributed by atoms with Crippen LogP contribution >= 0.6 is 0 Å². The van der Waals surface area contributed by atoms with Crippen molar-refractivity contribution in [3.05, 3.63) is 24.3 Å². The Morgan fingerprint density at radius 3 is 2.53 bits per heavy atom. The molecule has 2 unspecified atom stereocenters. The van der Waals surface area contributed by atoms with Gasteiger partial charge in [0.05, 0.1) is 0 Å². The van der Waals surface area contributed by atoms with Crippen LogP contribution < -0.4 is 4.74 Å². The third-order valence-corrected chi connectivity index (χ3v) is 7.07. The number of amidine groups is 1. The summed E-state index contributed by atoms with van der Waals surface area (Å²) in [5.41, 5.74) is 0. The van der Waals surface area contributed by atoms with E-state index in [-0.39, 0.29) is 35.0 Å². The number of sulfone groups is 1. The number of rotatable bonds is 8. The Hall–Kier alpha value is -1.87. The molecule has 1 aromatic rings. The fourth-order valence-electron chi connectivity index (χ4n) is 4.04. The van der Waals surface area contributed by atoms with Gasteiger partial charge in [-0.1, -0.05) is 38.1 Å². The summed E-state index contributed by atoms with van der Waals surface area (Å²) in [5, 5.41) is 8.46. The summed E-state index contributed by atoms with van der Waals surface area (Å²) in [6, 6.07) is 6.37. The average Bonchev–Trinajstić information content (AvgIpc) is 3.21. The lowest BCUT2D eigenvalue weighted by Crippen LogP contribution is -2.50. The first-order valence-corrected chi connectivity index (χ1v) is 12.4. The van der Waals surface area contributed by atoms with Crippen LogP contribution in [0.3, 0.4) is 0 Å². The number of piperidine rings is 1. The van der Waals surface area contributed by atoms with Gasteiger partial charge in [0.1, 0.15) is 23.4 Å². The van der Waals surface area contributed by atoms with E-state index in [0.29, 0.717) is 6.73 Å². The number of halogens is 1. The number of hydrogen-bond acceptors (Lipinski definition) is 7. The molecule has 0 spiro atoms. The molecular formula is C21H32FN3O4S. The van der Waals surface area contributed by atoms with Crippen molar-refractivity contribution in [2.75, 3.05) is 32.7 Å². The van der Waals surface area contributed by atoms with Gasteiger partial charge < -0.3 is 9.57 Å². The molecule has 1 saturated heterocycles. The van der Waals surface area contributed by atoms with Crippen LogP contribution in [0.4, 0.5) is 4.39 Å². The molecular weight excluding hydrogens is 409 g/mol.